The highest BCUT2D eigenvalue weighted by molar-refractivity contribution is 5.97. The predicted octanol–water partition coefficient (Wildman–Crippen LogP) is 0.660. The molecule has 5 atom stereocenters. The van der Waals surface area contributed by atoms with Crippen molar-refractivity contribution in [2.75, 3.05) is 6.61 Å². The quantitative estimate of drug-likeness (QED) is 0.604. The summed E-state index contributed by atoms with van der Waals surface area (Å²) in [4.78, 5) is 11.9. The van der Waals surface area contributed by atoms with Crippen LogP contribution in [0.3, 0.4) is 0 Å². The van der Waals surface area contributed by atoms with Crippen LogP contribution in [-0.2, 0) is 19.0 Å². The van der Waals surface area contributed by atoms with Gasteiger partial charge in [-0.25, -0.2) is 0 Å². The number of allylic oxidation sites excluding steroid dienone is 1. The van der Waals surface area contributed by atoms with E-state index in [1.165, 1.54) is 0 Å². The minimum absolute atomic E-state index is 0.0227. The van der Waals surface area contributed by atoms with Crippen LogP contribution in [-0.4, -0.2) is 36.5 Å². The Balaban J connectivity index is 1.77. The van der Waals surface area contributed by atoms with Crippen molar-refractivity contribution in [2.45, 2.75) is 37.9 Å². The SMILES string of the molecule is CC1(C)O[C@@H]2[C@H](O1)[C@H]1C(=O)C=C3CO[C@@H]2[C@H]31. The fraction of sp³-hybridized carbons (Fsp3) is 0.750. The summed E-state index contributed by atoms with van der Waals surface area (Å²) >= 11 is 0. The van der Waals surface area contributed by atoms with Gasteiger partial charge >= 0.3 is 0 Å². The number of fused-ring (bicyclic) bond motifs is 3. The molecule has 0 aromatic rings. The molecule has 2 heterocycles. The summed E-state index contributed by atoms with van der Waals surface area (Å²) in [6.07, 6.45) is 1.58. The second kappa shape index (κ2) is 2.58. The van der Waals surface area contributed by atoms with E-state index in [0.717, 1.165) is 5.57 Å². The van der Waals surface area contributed by atoms with Crippen molar-refractivity contribution in [1.82, 2.24) is 0 Å². The zero-order valence-electron chi connectivity index (χ0n) is 9.30. The average molecular weight is 222 g/mol. The molecule has 2 aliphatic heterocycles. The number of ketones is 1. The lowest BCUT2D eigenvalue weighted by molar-refractivity contribution is -0.171. The van der Waals surface area contributed by atoms with E-state index >= 15 is 0 Å². The molecule has 4 rings (SSSR count). The molecule has 86 valence electrons. The summed E-state index contributed by atoms with van der Waals surface area (Å²) in [6.45, 7) is 4.37. The molecule has 4 nitrogen and oxygen atoms in total. The predicted molar refractivity (Wildman–Crippen MR) is 53.6 cm³/mol. The van der Waals surface area contributed by atoms with Gasteiger partial charge in [-0.15, -0.1) is 0 Å². The van der Waals surface area contributed by atoms with E-state index < -0.39 is 5.79 Å². The summed E-state index contributed by atoms with van der Waals surface area (Å²) in [5.41, 5.74) is 1.14. The molecule has 0 aromatic carbocycles. The molecule has 16 heavy (non-hydrogen) atoms. The number of carbonyl (C=O) groups excluding carboxylic acids is 1. The highest BCUT2D eigenvalue weighted by Crippen LogP contribution is 2.54. The van der Waals surface area contributed by atoms with Crippen molar-refractivity contribution >= 4 is 5.78 Å². The second-order valence-electron chi connectivity index (χ2n) is 5.51. The maximum Gasteiger partial charge on any atom is 0.163 e. The Morgan fingerprint density at radius 3 is 2.75 bits per heavy atom. The first kappa shape index (κ1) is 9.33. The van der Waals surface area contributed by atoms with E-state index in [1.807, 2.05) is 13.8 Å². The minimum atomic E-state index is -0.588. The van der Waals surface area contributed by atoms with Gasteiger partial charge in [-0.1, -0.05) is 0 Å². The molecule has 0 amide bonds. The molecular formula is C12H14O4. The Kier molecular flexibility index (Phi) is 1.50. The highest BCUT2D eigenvalue weighted by atomic mass is 16.8. The van der Waals surface area contributed by atoms with E-state index in [4.69, 9.17) is 14.2 Å². The average Bonchev–Trinajstić information content (AvgIpc) is 2.80. The van der Waals surface area contributed by atoms with E-state index in [1.54, 1.807) is 6.08 Å². The first-order valence-electron chi connectivity index (χ1n) is 5.78. The highest BCUT2D eigenvalue weighted by Gasteiger charge is 2.65. The minimum Gasteiger partial charge on any atom is -0.370 e. The van der Waals surface area contributed by atoms with E-state index in [0.29, 0.717) is 6.61 Å². The van der Waals surface area contributed by atoms with Crippen molar-refractivity contribution in [2.24, 2.45) is 11.8 Å². The molecule has 0 N–H and O–H groups in total. The van der Waals surface area contributed by atoms with Crippen LogP contribution in [0.15, 0.2) is 11.6 Å². The number of hydrogen-bond acceptors (Lipinski definition) is 4. The van der Waals surface area contributed by atoms with Gasteiger partial charge in [0, 0.05) is 5.92 Å². The Morgan fingerprint density at radius 1 is 1.19 bits per heavy atom. The molecule has 0 unspecified atom stereocenters. The normalized spacial score (nSPS) is 51.8. The van der Waals surface area contributed by atoms with Crippen LogP contribution in [0.4, 0.5) is 0 Å². The Hall–Kier alpha value is -0.710. The van der Waals surface area contributed by atoms with Gasteiger partial charge < -0.3 is 14.2 Å². The van der Waals surface area contributed by atoms with Crippen molar-refractivity contribution in [3.8, 4) is 0 Å². The third kappa shape index (κ3) is 0.937. The number of hydrogen-bond donors (Lipinski definition) is 0. The summed E-state index contributed by atoms with van der Waals surface area (Å²) in [6, 6.07) is 0. The topological polar surface area (TPSA) is 44.8 Å². The summed E-state index contributed by atoms with van der Waals surface area (Å²) < 4.78 is 17.5. The Morgan fingerprint density at radius 2 is 1.94 bits per heavy atom. The van der Waals surface area contributed by atoms with Gasteiger partial charge in [0.25, 0.3) is 0 Å². The largest absolute Gasteiger partial charge is 0.370 e. The van der Waals surface area contributed by atoms with Crippen LogP contribution in [0.25, 0.3) is 0 Å². The van der Waals surface area contributed by atoms with Gasteiger partial charge in [0.2, 0.25) is 0 Å². The van der Waals surface area contributed by atoms with Gasteiger partial charge in [0.05, 0.1) is 18.6 Å². The van der Waals surface area contributed by atoms with Crippen LogP contribution >= 0.6 is 0 Å². The fourth-order valence-corrected chi connectivity index (χ4v) is 3.65. The van der Waals surface area contributed by atoms with Gasteiger partial charge in [0.15, 0.2) is 11.6 Å². The molecule has 1 saturated carbocycles. The lowest BCUT2D eigenvalue weighted by Crippen LogP contribution is -2.30. The van der Waals surface area contributed by atoms with Gasteiger partial charge in [-0.2, -0.15) is 0 Å². The standard InChI is InChI=1S/C12H14O4/c1-12(2)15-10-8-6(13)3-5-4-14-9(7(5)8)11(10)16-12/h3,7-11H,4H2,1-2H3/t7-,8+,9-,10-,11+/m1/s1. The molecule has 3 fully saturated rings. The lowest BCUT2D eigenvalue weighted by atomic mass is 9.94. The van der Waals surface area contributed by atoms with Gasteiger partial charge in [-0.05, 0) is 25.5 Å². The molecular weight excluding hydrogens is 208 g/mol. The van der Waals surface area contributed by atoms with Crippen molar-refractivity contribution in [1.29, 1.82) is 0 Å². The zero-order chi connectivity index (χ0) is 11.1. The zero-order valence-corrected chi connectivity index (χ0v) is 9.30. The maximum atomic E-state index is 11.9. The van der Waals surface area contributed by atoms with Crippen LogP contribution in [0.5, 0.6) is 0 Å². The maximum absolute atomic E-state index is 11.9. The molecule has 0 bridgehead atoms. The molecule has 4 aliphatic rings. The monoisotopic (exact) mass is 222 g/mol. The third-order valence-electron chi connectivity index (χ3n) is 4.11. The van der Waals surface area contributed by atoms with Crippen LogP contribution in [0, 0.1) is 11.8 Å². The number of rotatable bonds is 0. The first-order chi connectivity index (χ1) is 7.57. The molecule has 4 heteroatoms. The van der Waals surface area contributed by atoms with Crippen LogP contribution < -0.4 is 0 Å². The summed E-state index contributed by atoms with van der Waals surface area (Å²) in [7, 11) is 0. The first-order valence-corrected chi connectivity index (χ1v) is 5.78. The lowest BCUT2D eigenvalue weighted by Gasteiger charge is -2.22. The fourth-order valence-electron chi connectivity index (χ4n) is 3.65. The van der Waals surface area contributed by atoms with E-state index in [9.17, 15) is 4.79 Å². The van der Waals surface area contributed by atoms with E-state index in [-0.39, 0.29) is 35.9 Å². The summed E-state index contributed by atoms with van der Waals surface area (Å²) in [5.74, 6) is -0.232. The summed E-state index contributed by atoms with van der Waals surface area (Å²) in [5, 5.41) is 0. The van der Waals surface area contributed by atoms with Crippen LogP contribution in [0.2, 0.25) is 0 Å². The molecule has 2 aliphatic carbocycles. The van der Waals surface area contributed by atoms with Gasteiger partial charge in [0.1, 0.15) is 12.2 Å². The second-order valence-corrected chi connectivity index (χ2v) is 5.51. The van der Waals surface area contributed by atoms with Crippen molar-refractivity contribution in [3.05, 3.63) is 11.6 Å². The smallest absolute Gasteiger partial charge is 0.163 e. The Bertz CT molecular complexity index is 411. The van der Waals surface area contributed by atoms with Crippen molar-refractivity contribution in [3.63, 3.8) is 0 Å². The molecule has 2 saturated heterocycles. The molecule has 0 aromatic heterocycles. The van der Waals surface area contributed by atoms with Crippen LogP contribution in [0.1, 0.15) is 13.8 Å². The third-order valence-corrected chi connectivity index (χ3v) is 4.11. The molecule has 0 radical (unpaired) electrons. The van der Waals surface area contributed by atoms with E-state index in [2.05, 4.69) is 0 Å². The Labute approximate surface area is 93.5 Å². The number of ether oxygens (including phenoxy) is 3. The molecule has 0 spiro atoms. The van der Waals surface area contributed by atoms with Gasteiger partial charge in [-0.3, -0.25) is 4.79 Å². The number of carbonyl (C=O) groups is 1. The van der Waals surface area contributed by atoms with Crippen molar-refractivity contribution < 1.29 is 19.0 Å².